The topological polar surface area (TPSA) is 32.8 Å². The van der Waals surface area contributed by atoms with Gasteiger partial charge in [-0.05, 0) is 56.0 Å². The molecule has 3 unspecified atom stereocenters. The van der Waals surface area contributed by atoms with Crippen molar-refractivity contribution in [2.45, 2.75) is 58.0 Å². The molecule has 3 atom stereocenters. The van der Waals surface area contributed by atoms with Gasteiger partial charge in [0.2, 0.25) is 5.91 Å². The van der Waals surface area contributed by atoms with Crippen molar-refractivity contribution in [2.75, 3.05) is 27.2 Å². The van der Waals surface area contributed by atoms with Gasteiger partial charge >= 0.3 is 0 Å². The summed E-state index contributed by atoms with van der Waals surface area (Å²) in [7, 11) is 3.90. The van der Waals surface area contributed by atoms with Crippen molar-refractivity contribution in [1.29, 1.82) is 0 Å². The number of carbonyl (C=O) groups excluding carboxylic acids is 1. The maximum Gasteiger partial charge on any atom is 0.222 e. The highest BCUT2D eigenvalue weighted by Gasteiger charge is 2.43. The largest absolute Gasteiger partial charge is 0.497 e. The van der Waals surface area contributed by atoms with Crippen LogP contribution in [0.2, 0.25) is 0 Å². The van der Waals surface area contributed by atoms with E-state index in [-0.39, 0.29) is 11.3 Å². The van der Waals surface area contributed by atoms with Crippen LogP contribution < -0.4 is 4.74 Å². The molecule has 0 radical (unpaired) electrons. The van der Waals surface area contributed by atoms with E-state index >= 15 is 0 Å². The lowest BCUT2D eigenvalue weighted by Gasteiger charge is -2.50. The third-order valence-corrected chi connectivity index (χ3v) is 7.28. The minimum Gasteiger partial charge on any atom is -0.497 e. The molecule has 0 aliphatic carbocycles. The minimum absolute atomic E-state index is 0.0827. The normalized spacial score (nSPS) is 24.0. The Kier molecular flexibility index (Phi) is 7.77. The number of hydrogen-bond donors (Lipinski definition) is 0. The van der Waals surface area contributed by atoms with E-state index in [0.29, 0.717) is 24.9 Å². The van der Waals surface area contributed by atoms with Gasteiger partial charge in [0.15, 0.2) is 0 Å². The van der Waals surface area contributed by atoms with Crippen molar-refractivity contribution in [3.63, 3.8) is 0 Å². The summed E-state index contributed by atoms with van der Waals surface area (Å²) < 4.78 is 5.28. The van der Waals surface area contributed by atoms with Crippen molar-refractivity contribution in [3.8, 4) is 5.75 Å². The van der Waals surface area contributed by atoms with Crippen molar-refractivity contribution >= 4 is 5.91 Å². The minimum atomic E-state index is 0.0827. The zero-order valence-corrected chi connectivity index (χ0v) is 19.8. The van der Waals surface area contributed by atoms with E-state index in [9.17, 15) is 4.79 Å². The van der Waals surface area contributed by atoms with Crippen LogP contribution in [0.3, 0.4) is 0 Å². The molecule has 4 heteroatoms. The second kappa shape index (κ2) is 10.3. The quantitative estimate of drug-likeness (QED) is 0.592. The van der Waals surface area contributed by atoms with Crippen LogP contribution in [0.5, 0.6) is 5.75 Å². The summed E-state index contributed by atoms with van der Waals surface area (Å²) in [5.74, 6) is 1.58. The van der Waals surface area contributed by atoms with Gasteiger partial charge in [-0.25, -0.2) is 0 Å². The molecule has 1 amide bonds. The molecular formula is C27H38N2O2. The Balaban J connectivity index is 1.84. The molecule has 168 valence electrons. The number of ether oxygens (including phenoxy) is 1. The summed E-state index contributed by atoms with van der Waals surface area (Å²) in [5, 5.41) is 0. The van der Waals surface area contributed by atoms with E-state index in [1.807, 2.05) is 24.0 Å². The second-order valence-electron chi connectivity index (χ2n) is 9.18. The van der Waals surface area contributed by atoms with Crippen LogP contribution in [-0.2, 0) is 16.8 Å². The lowest BCUT2D eigenvalue weighted by Crippen LogP contribution is -2.52. The molecule has 1 aliphatic rings. The number of methoxy groups -OCH3 is 1. The second-order valence-corrected chi connectivity index (χ2v) is 9.18. The van der Waals surface area contributed by atoms with Crippen molar-refractivity contribution in [2.24, 2.45) is 5.92 Å². The molecule has 1 saturated heterocycles. The third kappa shape index (κ3) is 5.30. The molecule has 2 aromatic carbocycles. The van der Waals surface area contributed by atoms with Crippen molar-refractivity contribution in [1.82, 2.24) is 9.80 Å². The summed E-state index contributed by atoms with van der Waals surface area (Å²) in [6.07, 6.45) is 2.63. The Morgan fingerprint density at radius 1 is 1.13 bits per heavy atom. The van der Waals surface area contributed by atoms with E-state index in [2.05, 4.69) is 68.3 Å². The number of hydrogen-bond acceptors (Lipinski definition) is 3. The van der Waals surface area contributed by atoms with Crippen LogP contribution >= 0.6 is 0 Å². The average molecular weight is 423 g/mol. The summed E-state index contributed by atoms with van der Waals surface area (Å²) in [6, 6.07) is 19.5. The molecule has 4 nitrogen and oxygen atoms in total. The molecule has 0 bridgehead atoms. The summed E-state index contributed by atoms with van der Waals surface area (Å²) in [6.45, 7) is 9.16. The zero-order valence-electron chi connectivity index (χ0n) is 19.8. The Morgan fingerprint density at radius 3 is 2.42 bits per heavy atom. The highest BCUT2D eigenvalue weighted by atomic mass is 16.5. The standard InChI is InChI=1S/C27H38N2O2/c1-6-26(30)29(20-23-12-14-25(31-5)15-13-23)17-16-27(24-10-8-7-9-11-24)18-22(3)28(4)19-21(27)2/h7-15,21-22H,6,16-20H2,1-5H3. The highest BCUT2D eigenvalue weighted by molar-refractivity contribution is 5.75. The molecule has 0 aromatic heterocycles. The number of carbonyl (C=O) groups is 1. The summed E-state index contributed by atoms with van der Waals surface area (Å²) in [5.41, 5.74) is 2.64. The van der Waals surface area contributed by atoms with Crippen LogP contribution in [0, 0.1) is 5.92 Å². The fraction of sp³-hybridized carbons (Fsp3) is 0.519. The van der Waals surface area contributed by atoms with Gasteiger partial charge < -0.3 is 14.5 Å². The molecular weight excluding hydrogens is 384 g/mol. The molecule has 3 rings (SSSR count). The Labute approximate surface area is 188 Å². The molecule has 1 aliphatic heterocycles. The zero-order chi connectivity index (χ0) is 22.4. The summed E-state index contributed by atoms with van der Waals surface area (Å²) >= 11 is 0. The molecule has 0 N–H and O–H groups in total. The van der Waals surface area contributed by atoms with Gasteiger partial charge in [-0.3, -0.25) is 4.79 Å². The van der Waals surface area contributed by atoms with Gasteiger partial charge in [0, 0.05) is 37.5 Å². The monoisotopic (exact) mass is 422 g/mol. The lowest BCUT2D eigenvalue weighted by molar-refractivity contribution is -0.131. The number of rotatable bonds is 8. The summed E-state index contributed by atoms with van der Waals surface area (Å²) in [4.78, 5) is 17.4. The van der Waals surface area contributed by atoms with Crippen LogP contribution in [0.4, 0.5) is 0 Å². The SMILES string of the molecule is CCC(=O)N(CCC1(c2ccccc2)CC(C)N(C)CC1C)Cc1ccc(OC)cc1. The number of nitrogens with zero attached hydrogens (tertiary/aromatic N) is 2. The van der Waals surface area contributed by atoms with Crippen molar-refractivity contribution in [3.05, 3.63) is 65.7 Å². The van der Waals surface area contributed by atoms with Crippen LogP contribution in [0.1, 0.15) is 51.2 Å². The first kappa shape index (κ1) is 23.3. The lowest BCUT2D eigenvalue weighted by atomic mass is 9.63. The fourth-order valence-electron chi connectivity index (χ4n) is 5.14. The van der Waals surface area contributed by atoms with Gasteiger partial charge in [0.25, 0.3) is 0 Å². The van der Waals surface area contributed by atoms with Gasteiger partial charge in [-0.15, -0.1) is 0 Å². The Morgan fingerprint density at radius 2 is 1.81 bits per heavy atom. The number of piperidine rings is 1. The maximum atomic E-state index is 12.8. The smallest absolute Gasteiger partial charge is 0.222 e. The molecule has 31 heavy (non-hydrogen) atoms. The molecule has 1 fully saturated rings. The van der Waals surface area contributed by atoms with Crippen LogP contribution in [0.15, 0.2) is 54.6 Å². The highest BCUT2D eigenvalue weighted by Crippen LogP contribution is 2.44. The van der Waals surface area contributed by atoms with E-state index < -0.39 is 0 Å². The van der Waals surface area contributed by atoms with Gasteiger partial charge in [-0.2, -0.15) is 0 Å². The Hall–Kier alpha value is -2.33. The molecule has 0 spiro atoms. The third-order valence-electron chi connectivity index (χ3n) is 7.28. The predicted molar refractivity (Wildman–Crippen MR) is 127 cm³/mol. The van der Waals surface area contributed by atoms with Crippen LogP contribution in [0.25, 0.3) is 0 Å². The van der Waals surface area contributed by atoms with E-state index in [4.69, 9.17) is 4.74 Å². The molecule has 0 saturated carbocycles. The van der Waals surface area contributed by atoms with Crippen molar-refractivity contribution < 1.29 is 9.53 Å². The first-order chi connectivity index (χ1) is 14.9. The number of amides is 1. The fourth-order valence-corrected chi connectivity index (χ4v) is 5.14. The first-order valence-electron chi connectivity index (χ1n) is 11.6. The average Bonchev–Trinajstić information content (AvgIpc) is 2.80. The van der Waals surface area contributed by atoms with Gasteiger partial charge in [0.05, 0.1) is 7.11 Å². The van der Waals surface area contributed by atoms with Crippen LogP contribution in [-0.4, -0.2) is 49.0 Å². The first-order valence-corrected chi connectivity index (χ1v) is 11.6. The van der Waals surface area contributed by atoms with E-state index in [1.54, 1.807) is 7.11 Å². The van der Waals surface area contributed by atoms with Gasteiger partial charge in [-0.1, -0.05) is 56.3 Å². The molecule has 2 aromatic rings. The Bertz CT molecular complexity index is 836. The number of likely N-dealkylation sites (tertiary alicyclic amines) is 1. The van der Waals surface area contributed by atoms with E-state index in [0.717, 1.165) is 37.2 Å². The number of benzene rings is 2. The molecule has 1 heterocycles. The maximum absolute atomic E-state index is 12.8. The predicted octanol–water partition coefficient (Wildman–Crippen LogP) is 5.12. The van der Waals surface area contributed by atoms with E-state index in [1.165, 1.54) is 5.56 Å². The van der Waals surface area contributed by atoms with Gasteiger partial charge in [0.1, 0.15) is 5.75 Å².